The molecule has 0 amide bonds. The number of ether oxygens (including phenoxy) is 2. The molecule has 0 aromatic heterocycles. The number of aliphatic hydroxyl groups is 3. The molecule has 0 aromatic rings. The zero-order chi connectivity index (χ0) is 45.4. The number of allylic oxidation sites excluding steroid dienone is 12. The summed E-state index contributed by atoms with van der Waals surface area (Å²) in [6.07, 6.45) is 37.4. The fourth-order valence-electron chi connectivity index (χ4n) is 5.35. The molecule has 0 aliphatic rings. The third kappa shape index (κ3) is 38.0. The fraction of sp³-hybridized carbons (Fsp3) is 0.630. The van der Waals surface area contributed by atoms with Crippen molar-refractivity contribution in [3.63, 3.8) is 0 Å². The van der Waals surface area contributed by atoms with Gasteiger partial charge in [-0.15, -0.1) is 0 Å². The maximum atomic E-state index is 12.6. The number of hydrogen-bond acceptors (Lipinski definition) is 12. The fourth-order valence-corrected chi connectivity index (χ4v) is 6.12. The van der Waals surface area contributed by atoms with E-state index in [0.717, 1.165) is 44.9 Å². The van der Waals surface area contributed by atoms with Crippen LogP contribution >= 0.6 is 7.82 Å². The standard InChI is InChI=1S/C46H76NO13P/c1-3-5-7-8-9-10-11-12-13-14-15-16-17-18-19-24-28-34-45(52)60-40(37-58-61(55,56)59-38-41(47)46(53)54)36-57-44(51)35-29-33-43(50)42(49)32-27-23-21-20-22-26-31-39(48)30-25-6-4-2/h12-13,15-16,18-23,26-27,31-32,39-43,48-50H,3-11,14,17,24-25,28-30,33-38,47H2,1-2H3,(H,53,54)(H,55,56)/b13-12-,16-15-,19-18-,22-20-,23-21+,31-26+,32-27+/t39-,40-,41+,42-,43-/m1/s1. The summed E-state index contributed by atoms with van der Waals surface area (Å²) >= 11 is 0. The number of phosphoric acid groups is 1. The number of hydrogen-bond donors (Lipinski definition) is 6. The number of rotatable bonds is 39. The Kier molecular flexibility index (Phi) is 37.2. The number of esters is 2. The summed E-state index contributed by atoms with van der Waals surface area (Å²) in [5.41, 5.74) is 5.31. The number of carbonyl (C=O) groups is 3. The first-order valence-electron chi connectivity index (χ1n) is 21.9. The summed E-state index contributed by atoms with van der Waals surface area (Å²) in [5.74, 6) is -2.83. The minimum atomic E-state index is -4.82. The van der Waals surface area contributed by atoms with Crippen LogP contribution in [0.4, 0.5) is 0 Å². The summed E-state index contributed by atoms with van der Waals surface area (Å²) < 4.78 is 32.4. The zero-order valence-electron chi connectivity index (χ0n) is 36.6. The van der Waals surface area contributed by atoms with Gasteiger partial charge in [-0.25, -0.2) is 4.57 Å². The van der Waals surface area contributed by atoms with Gasteiger partial charge in [0.15, 0.2) is 6.10 Å². The van der Waals surface area contributed by atoms with Gasteiger partial charge in [-0.05, 0) is 57.8 Å². The molecular formula is C46H76NO13P. The minimum Gasteiger partial charge on any atom is -0.480 e. The number of unbranched alkanes of at least 4 members (excludes halogenated alkanes) is 9. The third-order valence-electron chi connectivity index (χ3n) is 8.98. The first-order chi connectivity index (χ1) is 29.3. The van der Waals surface area contributed by atoms with Crippen LogP contribution < -0.4 is 5.73 Å². The molecule has 7 N–H and O–H groups in total. The van der Waals surface area contributed by atoms with E-state index >= 15 is 0 Å². The number of aliphatic hydroxyl groups excluding tert-OH is 3. The molecule has 0 rings (SSSR count). The molecule has 0 bridgehead atoms. The number of carbonyl (C=O) groups excluding carboxylic acids is 2. The van der Waals surface area contributed by atoms with E-state index in [1.165, 1.54) is 44.6 Å². The van der Waals surface area contributed by atoms with Gasteiger partial charge in [-0.1, -0.05) is 150 Å². The van der Waals surface area contributed by atoms with Crippen molar-refractivity contribution in [1.29, 1.82) is 0 Å². The highest BCUT2D eigenvalue weighted by Gasteiger charge is 2.28. The molecule has 0 saturated heterocycles. The predicted molar refractivity (Wildman–Crippen MR) is 239 cm³/mol. The third-order valence-corrected chi connectivity index (χ3v) is 9.93. The molecule has 0 heterocycles. The second-order valence-corrected chi connectivity index (χ2v) is 16.1. The van der Waals surface area contributed by atoms with Crippen LogP contribution in [0.15, 0.2) is 85.1 Å². The van der Waals surface area contributed by atoms with E-state index in [4.69, 9.17) is 24.8 Å². The quantitative estimate of drug-likeness (QED) is 0.0112. The van der Waals surface area contributed by atoms with Crippen LogP contribution in [0.1, 0.15) is 136 Å². The summed E-state index contributed by atoms with van der Waals surface area (Å²) in [5, 5.41) is 39.3. The second kappa shape index (κ2) is 39.4. The Hall–Kier alpha value is -3.46. The first-order valence-corrected chi connectivity index (χ1v) is 23.4. The predicted octanol–water partition coefficient (Wildman–Crippen LogP) is 8.41. The molecule has 0 aliphatic carbocycles. The van der Waals surface area contributed by atoms with Gasteiger partial charge in [0.1, 0.15) is 12.6 Å². The molecule has 1 unspecified atom stereocenters. The Morgan fingerprint density at radius 2 is 1.16 bits per heavy atom. The van der Waals surface area contributed by atoms with E-state index in [1.807, 2.05) is 12.2 Å². The molecule has 0 aliphatic heterocycles. The minimum absolute atomic E-state index is 0.0114. The van der Waals surface area contributed by atoms with Crippen molar-refractivity contribution in [1.82, 2.24) is 0 Å². The van der Waals surface area contributed by atoms with E-state index in [0.29, 0.717) is 12.8 Å². The van der Waals surface area contributed by atoms with E-state index in [-0.39, 0.29) is 25.7 Å². The molecule has 15 heteroatoms. The maximum absolute atomic E-state index is 12.6. The van der Waals surface area contributed by atoms with Gasteiger partial charge in [0.2, 0.25) is 0 Å². The van der Waals surface area contributed by atoms with Gasteiger partial charge in [0.25, 0.3) is 0 Å². The Morgan fingerprint density at radius 1 is 0.623 bits per heavy atom. The smallest absolute Gasteiger partial charge is 0.472 e. The Balaban J connectivity index is 4.78. The van der Waals surface area contributed by atoms with Crippen LogP contribution in [0, 0.1) is 0 Å². The van der Waals surface area contributed by atoms with Gasteiger partial charge in [-0.2, -0.15) is 0 Å². The molecule has 6 atom stereocenters. The summed E-state index contributed by atoms with van der Waals surface area (Å²) in [6, 6.07) is -1.58. The number of carboxylic acid groups (broad SMARTS) is 1. The van der Waals surface area contributed by atoms with Crippen LogP contribution in [0.3, 0.4) is 0 Å². The molecule has 0 saturated carbocycles. The van der Waals surface area contributed by atoms with Gasteiger partial charge in [0.05, 0.1) is 31.5 Å². The highest BCUT2D eigenvalue weighted by atomic mass is 31.2. The lowest BCUT2D eigenvalue weighted by atomic mass is 10.1. The average molecular weight is 882 g/mol. The number of phosphoric ester groups is 1. The van der Waals surface area contributed by atoms with Crippen molar-refractivity contribution >= 4 is 25.7 Å². The van der Waals surface area contributed by atoms with Crippen LogP contribution in [0.5, 0.6) is 0 Å². The van der Waals surface area contributed by atoms with E-state index in [1.54, 1.807) is 42.5 Å². The highest BCUT2D eigenvalue weighted by molar-refractivity contribution is 7.47. The largest absolute Gasteiger partial charge is 0.480 e. The van der Waals surface area contributed by atoms with Crippen molar-refractivity contribution in [3.8, 4) is 0 Å². The topological polar surface area (TPSA) is 232 Å². The molecule has 0 spiro atoms. The number of nitrogens with two attached hydrogens (primary N) is 1. The second-order valence-electron chi connectivity index (χ2n) is 14.7. The Bertz CT molecular complexity index is 1410. The van der Waals surface area contributed by atoms with Gasteiger partial charge in [-0.3, -0.25) is 23.4 Å². The number of aliphatic carboxylic acids is 1. The van der Waals surface area contributed by atoms with Crippen molar-refractivity contribution in [2.24, 2.45) is 5.73 Å². The summed E-state index contributed by atoms with van der Waals surface area (Å²) in [6.45, 7) is 2.27. The van der Waals surface area contributed by atoms with Crippen molar-refractivity contribution < 1.29 is 62.8 Å². The Morgan fingerprint density at radius 3 is 1.82 bits per heavy atom. The van der Waals surface area contributed by atoms with Gasteiger partial charge >= 0.3 is 25.7 Å². The van der Waals surface area contributed by atoms with Crippen LogP contribution in [0.2, 0.25) is 0 Å². The Labute approximate surface area is 364 Å². The van der Waals surface area contributed by atoms with Crippen molar-refractivity contribution in [3.05, 3.63) is 85.1 Å². The zero-order valence-corrected chi connectivity index (χ0v) is 37.4. The van der Waals surface area contributed by atoms with E-state index in [2.05, 4.69) is 42.7 Å². The molecular weight excluding hydrogens is 805 g/mol. The molecule has 0 fully saturated rings. The molecule has 14 nitrogen and oxygen atoms in total. The summed E-state index contributed by atoms with van der Waals surface area (Å²) in [4.78, 5) is 46.0. The SMILES string of the molecule is CCCCCCCC/C=C\C/C=C\C/C=C\CCCC(=O)O[C@H](COC(=O)CCC[C@@H](O)[C@H](O)/C=C/C=C/C=C\C=C\[C@H](O)CCCCC)COP(=O)(O)OC[C@H](N)C(=O)O. The molecule has 61 heavy (non-hydrogen) atoms. The van der Waals surface area contributed by atoms with E-state index < -0.39 is 76.0 Å². The van der Waals surface area contributed by atoms with Gasteiger partial charge in [0, 0.05) is 12.8 Å². The maximum Gasteiger partial charge on any atom is 0.472 e. The summed E-state index contributed by atoms with van der Waals surface area (Å²) in [7, 11) is -4.82. The average Bonchev–Trinajstić information content (AvgIpc) is 3.22. The lowest BCUT2D eigenvalue weighted by Crippen LogP contribution is -2.34. The van der Waals surface area contributed by atoms with Crippen LogP contribution in [-0.4, -0.2) is 93.5 Å². The van der Waals surface area contributed by atoms with E-state index in [9.17, 15) is 39.2 Å². The van der Waals surface area contributed by atoms with Crippen LogP contribution in [-0.2, 0) is 37.5 Å². The number of carboxylic acids is 1. The molecule has 0 radical (unpaired) electrons. The van der Waals surface area contributed by atoms with Crippen molar-refractivity contribution in [2.75, 3.05) is 19.8 Å². The first kappa shape index (κ1) is 57.5. The molecule has 0 aromatic carbocycles. The molecule has 348 valence electrons. The lowest BCUT2D eigenvalue weighted by Gasteiger charge is -2.20. The van der Waals surface area contributed by atoms with Gasteiger partial charge < -0.3 is 40.5 Å². The normalized spacial score (nSPS) is 16.0. The van der Waals surface area contributed by atoms with Crippen LogP contribution in [0.25, 0.3) is 0 Å². The lowest BCUT2D eigenvalue weighted by molar-refractivity contribution is -0.161. The highest BCUT2D eigenvalue weighted by Crippen LogP contribution is 2.43. The monoisotopic (exact) mass is 882 g/mol. The van der Waals surface area contributed by atoms with Crippen molar-refractivity contribution in [2.45, 2.75) is 166 Å².